The molecule has 2 aromatic carbocycles. The van der Waals surface area contributed by atoms with Crippen LogP contribution in [0.2, 0.25) is 5.02 Å². The molecule has 0 aromatic heterocycles. The van der Waals surface area contributed by atoms with Crippen LogP contribution in [0.1, 0.15) is 17.2 Å². The summed E-state index contributed by atoms with van der Waals surface area (Å²) in [4.78, 5) is 23.9. The van der Waals surface area contributed by atoms with Gasteiger partial charge in [-0.3, -0.25) is 4.79 Å². The van der Waals surface area contributed by atoms with Gasteiger partial charge in [0, 0.05) is 10.6 Å². The molecule has 1 N–H and O–H groups in total. The van der Waals surface area contributed by atoms with Crippen LogP contribution in [0.4, 0.5) is 0 Å². The van der Waals surface area contributed by atoms with E-state index in [-0.39, 0.29) is 11.3 Å². The van der Waals surface area contributed by atoms with Gasteiger partial charge in [0.1, 0.15) is 11.5 Å². The first kappa shape index (κ1) is 16.1. The van der Waals surface area contributed by atoms with Crippen LogP contribution < -0.4 is 4.74 Å². The summed E-state index contributed by atoms with van der Waals surface area (Å²) in [6, 6.07) is 13.0. The topological polar surface area (TPSA) is 72.8 Å². The van der Waals surface area contributed by atoms with E-state index in [0.717, 1.165) is 0 Å². The predicted molar refractivity (Wildman–Crippen MR) is 87.8 cm³/mol. The van der Waals surface area contributed by atoms with Gasteiger partial charge in [-0.2, -0.15) is 0 Å². The number of benzene rings is 2. The number of rotatable bonds is 3. The lowest BCUT2D eigenvalue weighted by atomic mass is 9.96. The van der Waals surface area contributed by atoms with E-state index < -0.39 is 17.9 Å². The van der Waals surface area contributed by atoms with Crippen LogP contribution in [0.25, 0.3) is 5.76 Å². The number of ether oxygens (including phenoxy) is 2. The first-order chi connectivity index (χ1) is 11.5. The third kappa shape index (κ3) is 2.86. The molecule has 5 nitrogen and oxygen atoms in total. The standard InChI is InChI=1S/C18H13ClO5/c1-23-13-8-4-11(5-9-13)17-14(16(21)18(22)24-17)15(20)10-2-6-12(19)7-3-10/h2-9,17,20H,1H3/t17-/m1/s1. The summed E-state index contributed by atoms with van der Waals surface area (Å²) in [6.07, 6.45) is -0.966. The SMILES string of the molecule is COc1ccc([C@H]2OC(=O)C(=O)C2=C(O)c2ccc(Cl)cc2)cc1. The van der Waals surface area contributed by atoms with Crippen molar-refractivity contribution in [2.24, 2.45) is 0 Å². The molecule has 1 saturated heterocycles. The maximum Gasteiger partial charge on any atom is 0.380 e. The van der Waals surface area contributed by atoms with E-state index in [1.165, 1.54) is 7.11 Å². The fraction of sp³-hybridized carbons (Fsp3) is 0.111. The fourth-order valence-corrected chi connectivity index (χ4v) is 2.58. The number of hydrogen-bond acceptors (Lipinski definition) is 5. The Hall–Kier alpha value is -2.79. The van der Waals surface area contributed by atoms with Crippen molar-refractivity contribution in [1.29, 1.82) is 0 Å². The number of Topliss-reactive ketones (excluding diaryl/α,β-unsaturated/α-hetero) is 1. The van der Waals surface area contributed by atoms with Gasteiger partial charge in [0.15, 0.2) is 6.10 Å². The maximum atomic E-state index is 12.2. The first-order valence-corrected chi connectivity index (χ1v) is 7.47. The molecule has 0 aliphatic carbocycles. The van der Waals surface area contributed by atoms with E-state index in [4.69, 9.17) is 21.1 Å². The van der Waals surface area contributed by atoms with E-state index in [9.17, 15) is 14.7 Å². The summed E-state index contributed by atoms with van der Waals surface area (Å²) in [5.41, 5.74) is 0.845. The number of cyclic esters (lactones) is 1. The molecular formula is C18H13ClO5. The van der Waals surface area contributed by atoms with Gasteiger partial charge in [0.2, 0.25) is 0 Å². The Labute approximate surface area is 143 Å². The zero-order valence-corrected chi connectivity index (χ0v) is 13.4. The summed E-state index contributed by atoms with van der Waals surface area (Å²) < 4.78 is 10.2. The Morgan fingerprint density at radius 3 is 2.29 bits per heavy atom. The summed E-state index contributed by atoms with van der Waals surface area (Å²) in [5, 5.41) is 11.0. The highest BCUT2D eigenvalue weighted by atomic mass is 35.5. The summed E-state index contributed by atoms with van der Waals surface area (Å²) in [7, 11) is 1.53. The smallest absolute Gasteiger partial charge is 0.380 e. The molecule has 1 aliphatic heterocycles. The van der Waals surface area contributed by atoms with Gasteiger partial charge < -0.3 is 14.6 Å². The van der Waals surface area contributed by atoms with E-state index in [1.807, 2.05) is 0 Å². The van der Waals surface area contributed by atoms with Crippen LogP contribution in [0, 0.1) is 0 Å². The van der Waals surface area contributed by atoms with Gasteiger partial charge >= 0.3 is 5.97 Å². The third-order valence-corrected chi connectivity index (χ3v) is 3.96. The lowest BCUT2D eigenvalue weighted by Crippen LogP contribution is -2.08. The molecule has 24 heavy (non-hydrogen) atoms. The van der Waals surface area contributed by atoms with Crippen molar-refractivity contribution in [2.45, 2.75) is 6.10 Å². The molecule has 1 fully saturated rings. The second kappa shape index (κ2) is 6.37. The van der Waals surface area contributed by atoms with Crippen molar-refractivity contribution in [3.8, 4) is 5.75 Å². The number of ketones is 1. The van der Waals surface area contributed by atoms with Crippen LogP contribution in [0.15, 0.2) is 54.1 Å². The van der Waals surface area contributed by atoms with Crippen molar-refractivity contribution in [1.82, 2.24) is 0 Å². The highest BCUT2D eigenvalue weighted by Crippen LogP contribution is 2.37. The molecule has 0 saturated carbocycles. The van der Waals surface area contributed by atoms with Crippen LogP contribution in [0.3, 0.4) is 0 Å². The molecule has 1 aliphatic rings. The molecule has 122 valence electrons. The Morgan fingerprint density at radius 1 is 1.08 bits per heavy atom. The molecular weight excluding hydrogens is 332 g/mol. The summed E-state index contributed by atoms with van der Waals surface area (Å²) >= 11 is 5.83. The molecule has 0 spiro atoms. The molecule has 2 aromatic rings. The first-order valence-electron chi connectivity index (χ1n) is 7.09. The molecule has 1 atom stereocenters. The van der Waals surface area contributed by atoms with Gasteiger partial charge in [0.25, 0.3) is 5.78 Å². The number of esters is 1. The van der Waals surface area contributed by atoms with Gasteiger partial charge in [-0.25, -0.2) is 4.79 Å². The zero-order chi connectivity index (χ0) is 17.3. The molecule has 3 rings (SSSR count). The summed E-state index contributed by atoms with van der Waals surface area (Å²) in [5.74, 6) is -1.53. The second-order valence-corrected chi connectivity index (χ2v) is 5.59. The number of aliphatic hydroxyl groups is 1. The van der Waals surface area contributed by atoms with Crippen molar-refractivity contribution in [2.75, 3.05) is 7.11 Å². The van der Waals surface area contributed by atoms with Crippen molar-refractivity contribution in [3.05, 3.63) is 70.3 Å². The highest BCUT2D eigenvalue weighted by Gasteiger charge is 2.42. The second-order valence-electron chi connectivity index (χ2n) is 5.16. The lowest BCUT2D eigenvalue weighted by molar-refractivity contribution is -0.149. The molecule has 0 radical (unpaired) electrons. The highest BCUT2D eigenvalue weighted by molar-refractivity contribution is 6.44. The minimum atomic E-state index is -0.994. The Bertz CT molecular complexity index is 821. The fourth-order valence-electron chi connectivity index (χ4n) is 2.46. The number of carbonyl (C=O) groups is 2. The monoisotopic (exact) mass is 344 g/mol. The van der Waals surface area contributed by atoms with Crippen molar-refractivity contribution < 1.29 is 24.2 Å². The quantitative estimate of drug-likeness (QED) is 0.399. The van der Waals surface area contributed by atoms with Crippen LogP contribution in [-0.2, 0) is 14.3 Å². The number of methoxy groups -OCH3 is 1. The molecule has 1 heterocycles. The van der Waals surface area contributed by atoms with E-state index in [2.05, 4.69) is 0 Å². The molecule has 6 heteroatoms. The van der Waals surface area contributed by atoms with Crippen LogP contribution in [-0.4, -0.2) is 24.0 Å². The van der Waals surface area contributed by atoms with E-state index in [0.29, 0.717) is 21.9 Å². The Morgan fingerprint density at radius 2 is 1.71 bits per heavy atom. The van der Waals surface area contributed by atoms with E-state index in [1.54, 1.807) is 48.5 Å². The van der Waals surface area contributed by atoms with E-state index >= 15 is 0 Å². The lowest BCUT2D eigenvalue weighted by Gasteiger charge is -2.13. The predicted octanol–water partition coefficient (Wildman–Crippen LogP) is 3.48. The van der Waals surface area contributed by atoms with Crippen LogP contribution in [0.5, 0.6) is 5.75 Å². The molecule has 0 bridgehead atoms. The number of aliphatic hydroxyl groups excluding tert-OH is 1. The van der Waals surface area contributed by atoms with Gasteiger partial charge in [0.05, 0.1) is 12.7 Å². The van der Waals surface area contributed by atoms with Gasteiger partial charge in [-0.15, -0.1) is 0 Å². The minimum absolute atomic E-state index is 0.0903. The third-order valence-electron chi connectivity index (χ3n) is 3.71. The maximum absolute atomic E-state index is 12.2. The minimum Gasteiger partial charge on any atom is -0.507 e. The van der Waals surface area contributed by atoms with Gasteiger partial charge in [-0.05, 0) is 42.0 Å². The Kier molecular flexibility index (Phi) is 4.27. The largest absolute Gasteiger partial charge is 0.507 e. The number of halogens is 1. The summed E-state index contributed by atoms with van der Waals surface area (Å²) in [6.45, 7) is 0. The van der Waals surface area contributed by atoms with Crippen molar-refractivity contribution >= 4 is 29.1 Å². The number of carbonyl (C=O) groups excluding carboxylic acids is 2. The average molecular weight is 345 g/mol. The number of hydrogen-bond donors (Lipinski definition) is 1. The molecule has 0 amide bonds. The van der Waals surface area contributed by atoms with Crippen molar-refractivity contribution in [3.63, 3.8) is 0 Å². The zero-order valence-electron chi connectivity index (χ0n) is 12.7. The van der Waals surface area contributed by atoms with Crippen LogP contribution >= 0.6 is 11.6 Å². The van der Waals surface area contributed by atoms with Gasteiger partial charge in [-0.1, -0.05) is 23.7 Å². The normalized spacial score (nSPS) is 19.2. The Balaban J connectivity index is 2.07. The average Bonchev–Trinajstić information content (AvgIpc) is 2.90. The molecule has 0 unspecified atom stereocenters.